The molecule has 3 atom stereocenters. The highest BCUT2D eigenvalue weighted by Gasteiger charge is 2.56. The number of nitrogens with zero attached hydrogens (tertiary/aromatic N) is 1. The van der Waals surface area contributed by atoms with Gasteiger partial charge in [-0.05, 0) is 41.5 Å². The summed E-state index contributed by atoms with van der Waals surface area (Å²) < 4.78 is 46.1. The van der Waals surface area contributed by atoms with Gasteiger partial charge in [-0.25, -0.2) is 4.90 Å². The van der Waals surface area contributed by atoms with Gasteiger partial charge in [0.1, 0.15) is 17.6 Å². The maximum absolute atomic E-state index is 13.8. The first-order valence-corrected chi connectivity index (χ1v) is 13.6. The Kier molecular flexibility index (Phi) is 6.35. The number of benzene rings is 3. The van der Waals surface area contributed by atoms with Gasteiger partial charge in [0.2, 0.25) is 11.8 Å². The average molecular weight is 569 g/mol. The third-order valence-corrected chi connectivity index (χ3v) is 9.12. The Morgan fingerprint density at radius 1 is 0.897 bits per heavy atom. The molecule has 198 valence electrons. The van der Waals surface area contributed by atoms with Gasteiger partial charge in [-0.1, -0.05) is 71.6 Å². The van der Waals surface area contributed by atoms with Crippen LogP contribution in [0.1, 0.15) is 27.5 Å². The summed E-state index contributed by atoms with van der Waals surface area (Å²) in [5.74, 6) is -2.26. The molecule has 2 aliphatic rings. The number of ether oxygens (including phenoxy) is 1. The molecule has 0 spiro atoms. The molecule has 11 heteroatoms. The Morgan fingerprint density at radius 3 is 2.44 bits per heavy atom. The second-order valence-electron chi connectivity index (χ2n) is 9.16. The summed E-state index contributed by atoms with van der Waals surface area (Å²) in [6.07, 6.45) is -4.63. The van der Waals surface area contributed by atoms with Crippen molar-refractivity contribution < 1.29 is 27.5 Å². The number of imide groups is 1. The van der Waals surface area contributed by atoms with Crippen LogP contribution in [0.15, 0.2) is 88.7 Å². The molecule has 1 fully saturated rings. The van der Waals surface area contributed by atoms with Crippen molar-refractivity contribution in [3.8, 4) is 5.75 Å². The minimum atomic E-state index is -4.63. The SMILES string of the molecule is O=C1C2Sc3[nH]c(=O)sc3[C@H](c3cccc(OCc4ccccc4)c3)C2C(=O)N1c1cccc(C(F)(F)F)c1. The molecule has 6 rings (SSSR count). The van der Waals surface area contributed by atoms with Crippen molar-refractivity contribution in [1.29, 1.82) is 0 Å². The number of H-pyrrole nitrogens is 1. The number of carbonyl (C=O) groups excluding carboxylic acids is 2. The largest absolute Gasteiger partial charge is 0.489 e. The van der Waals surface area contributed by atoms with E-state index < -0.39 is 40.6 Å². The zero-order chi connectivity index (χ0) is 27.3. The fourth-order valence-corrected chi connectivity index (χ4v) is 7.51. The first kappa shape index (κ1) is 25.4. The first-order valence-electron chi connectivity index (χ1n) is 11.9. The third-order valence-electron chi connectivity index (χ3n) is 6.72. The number of halogens is 3. The van der Waals surface area contributed by atoms with E-state index >= 15 is 0 Å². The molecule has 0 bridgehead atoms. The van der Waals surface area contributed by atoms with Crippen molar-refractivity contribution in [3.05, 3.63) is 110 Å². The van der Waals surface area contributed by atoms with Crippen LogP contribution in [-0.2, 0) is 22.4 Å². The van der Waals surface area contributed by atoms with Gasteiger partial charge in [0.05, 0.1) is 22.2 Å². The van der Waals surface area contributed by atoms with Crippen LogP contribution in [0.5, 0.6) is 5.75 Å². The molecular weight excluding hydrogens is 549 g/mol. The standard InChI is InChI=1S/C28H19F3N2O4S2/c29-28(30,31)17-9-5-10-18(13-17)33-25(34)21-20(22-24(32-27(36)39-22)38-23(21)26(33)35)16-8-4-11-19(12-16)37-14-15-6-2-1-3-7-15/h1-13,20-21,23H,14H2,(H,32,36)/t20-,21?,23?/m1/s1. The third kappa shape index (κ3) is 4.65. The number of rotatable bonds is 5. The van der Waals surface area contributed by atoms with Gasteiger partial charge in [0.25, 0.3) is 0 Å². The molecule has 0 radical (unpaired) electrons. The van der Waals surface area contributed by atoms with Gasteiger partial charge in [0.15, 0.2) is 0 Å². The summed E-state index contributed by atoms with van der Waals surface area (Å²) in [6, 6.07) is 20.9. The van der Waals surface area contributed by atoms with E-state index in [1.807, 2.05) is 30.3 Å². The molecule has 3 heterocycles. The lowest BCUT2D eigenvalue weighted by molar-refractivity contribution is -0.137. The number of nitrogens with one attached hydrogen (secondary N) is 1. The number of thioether (sulfide) groups is 1. The van der Waals surface area contributed by atoms with Gasteiger partial charge in [-0.2, -0.15) is 13.2 Å². The molecular formula is C28H19F3N2O4S2. The Morgan fingerprint density at radius 2 is 1.67 bits per heavy atom. The molecule has 0 aliphatic carbocycles. The molecule has 0 saturated carbocycles. The lowest BCUT2D eigenvalue weighted by Crippen LogP contribution is -2.32. The van der Waals surface area contributed by atoms with E-state index in [1.165, 1.54) is 12.1 Å². The molecule has 3 aromatic carbocycles. The molecule has 2 aliphatic heterocycles. The molecule has 6 nitrogen and oxygen atoms in total. The molecule has 1 saturated heterocycles. The molecule has 2 unspecified atom stereocenters. The summed E-state index contributed by atoms with van der Waals surface area (Å²) in [5, 5.41) is -0.428. The number of anilines is 1. The second kappa shape index (κ2) is 9.73. The monoisotopic (exact) mass is 568 g/mol. The maximum atomic E-state index is 13.8. The Balaban J connectivity index is 1.38. The molecule has 4 aromatic rings. The zero-order valence-corrected chi connectivity index (χ0v) is 21.6. The van der Waals surface area contributed by atoms with E-state index in [1.54, 1.807) is 24.3 Å². The number of aromatic amines is 1. The van der Waals surface area contributed by atoms with E-state index in [9.17, 15) is 27.6 Å². The number of hydrogen-bond donors (Lipinski definition) is 1. The topological polar surface area (TPSA) is 79.5 Å². The molecule has 1 N–H and O–H groups in total. The minimum absolute atomic E-state index is 0.134. The van der Waals surface area contributed by atoms with E-state index in [-0.39, 0.29) is 10.6 Å². The van der Waals surface area contributed by atoms with Crippen LogP contribution in [0.4, 0.5) is 18.9 Å². The normalized spacial score (nSPS) is 20.6. The van der Waals surface area contributed by atoms with E-state index in [2.05, 4.69) is 4.98 Å². The van der Waals surface area contributed by atoms with Gasteiger partial charge in [-0.15, -0.1) is 0 Å². The van der Waals surface area contributed by atoms with Crippen molar-refractivity contribution in [2.45, 2.75) is 29.0 Å². The summed E-state index contributed by atoms with van der Waals surface area (Å²) in [4.78, 5) is 43.5. The number of thiazole rings is 1. The van der Waals surface area contributed by atoms with Crippen molar-refractivity contribution in [3.63, 3.8) is 0 Å². The van der Waals surface area contributed by atoms with E-state index in [4.69, 9.17) is 4.74 Å². The molecule has 2 amide bonds. The Bertz CT molecular complexity index is 1630. The quantitative estimate of drug-likeness (QED) is 0.307. The summed E-state index contributed by atoms with van der Waals surface area (Å²) in [5.41, 5.74) is 0.549. The summed E-state index contributed by atoms with van der Waals surface area (Å²) in [7, 11) is 0. The predicted octanol–water partition coefficient (Wildman–Crippen LogP) is 5.83. The number of aromatic nitrogens is 1. The fourth-order valence-electron chi connectivity index (χ4n) is 4.99. The second-order valence-corrected chi connectivity index (χ2v) is 11.3. The van der Waals surface area contributed by atoms with Crippen LogP contribution < -0.4 is 14.5 Å². The fraction of sp³-hybridized carbons (Fsp3) is 0.179. The van der Waals surface area contributed by atoms with Gasteiger partial charge < -0.3 is 9.72 Å². The van der Waals surface area contributed by atoms with Crippen molar-refractivity contribution >= 4 is 40.6 Å². The van der Waals surface area contributed by atoms with Crippen molar-refractivity contribution in [2.24, 2.45) is 5.92 Å². The number of carbonyl (C=O) groups is 2. The zero-order valence-electron chi connectivity index (χ0n) is 20.0. The number of fused-ring (bicyclic) bond motifs is 2. The Hall–Kier alpha value is -3.83. The van der Waals surface area contributed by atoms with Crippen LogP contribution >= 0.6 is 23.1 Å². The highest BCUT2D eigenvalue weighted by atomic mass is 32.2. The predicted molar refractivity (Wildman–Crippen MR) is 141 cm³/mol. The van der Waals surface area contributed by atoms with E-state index in [0.717, 1.165) is 45.7 Å². The van der Waals surface area contributed by atoms with Crippen molar-refractivity contribution in [2.75, 3.05) is 4.90 Å². The lowest BCUT2D eigenvalue weighted by atomic mass is 9.83. The van der Waals surface area contributed by atoms with Gasteiger partial charge >= 0.3 is 11.0 Å². The van der Waals surface area contributed by atoms with Crippen LogP contribution in [0.2, 0.25) is 0 Å². The van der Waals surface area contributed by atoms with Crippen LogP contribution in [0.3, 0.4) is 0 Å². The number of amides is 2. The van der Waals surface area contributed by atoms with Crippen LogP contribution in [-0.4, -0.2) is 22.0 Å². The van der Waals surface area contributed by atoms with Crippen LogP contribution in [0, 0.1) is 5.92 Å². The average Bonchev–Trinajstić information content (AvgIpc) is 3.42. The van der Waals surface area contributed by atoms with Gasteiger partial charge in [-0.3, -0.25) is 14.4 Å². The van der Waals surface area contributed by atoms with Crippen molar-refractivity contribution in [1.82, 2.24) is 4.98 Å². The summed E-state index contributed by atoms with van der Waals surface area (Å²) >= 11 is 2.03. The maximum Gasteiger partial charge on any atom is 0.416 e. The molecule has 1 aromatic heterocycles. The highest BCUT2D eigenvalue weighted by Crippen LogP contribution is 2.53. The first-order chi connectivity index (χ1) is 18.7. The van der Waals surface area contributed by atoms with Gasteiger partial charge in [0, 0.05) is 10.8 Å². The number of alkyl halides is 3. The lowest BCUT2D eigenvalue weighted by Gasteiger charge is -2.30. The highest BCUT2D eigenvalue weighted by molar-refractivity contribution is 8.00. The van der Waals surface area contributed by atoms with Crippen LogP contribution in [0.25, 0.3) is 0 Å². The van der Waals surface area contributed by atoms with E-state index in [0.29, 0.717) is 27.8 Å². The Labute approximate surface area is 228 Å². The summed E-state index contributed by atoms with van der Waals surface area (Å²) in [6.45, 7) is 0.320. The number of hydrogen-bond acceptors (Lipinski definition) is 6. The smallest absolute Gasteiger partial charge is 0.416 e. The minimum Gasteiger partial charge on any atom is -0.489 e. The molecule has 39 heavy (non-hydrogen) atoms.